The van der Waals surface area contributed by atoms with Crippen LogP contribution >= 0.6 is 27.3 Å². The van der Waals surface area contributed by atoms with Crippen molar-refractivity contribution in [2.24, 2.45) is 5.92 Å². The van der Waals surface area contributed by atoms with Crippen molar-refractivity contribution < 1.29 is 0 Å². The molecule has 2 heterocycles. The predicted molar refractivity (Wildman–Crippen MR) is 73.9 cm³/mol. The van der Waals surface area contributed by atoms with Gasteiger partial charge < -0.3 is 5.32 Å². The highest BCUT2D eigenvalue weighted by atomic mass is 79.9. The number of rotatable bonds is 5. The van der Waals surface area contributed by atoms with Crippen molar-refractivity contribution >= 4 is 27.3 Å². The van der Waals surface area contributed by atoms with E-state index in [4.69, 9.17) is 0 Å². The van der Waals surface area contributed by atoms with Gasteiger partial charge in [-0.1, -0.05) is 6.92 Å². The highest BCUT2D eigenvalue weighted by Gasteiger charge is 2.22. The molecule has 0 aromatic carbocycles. The molecular formula is C12H19BrN2S. The molecule has 1 aromatic rings. The summed E-state index contributed by atoms with van der Waals surface area (Å²) < 4.78 is 1.22. The fraction of sp³-hybridized carbons (Fsp3) is 0.667. The van der Waals surface area contributed by atoms with Crippen LogP contribution in [0.25, 0.3) is 0 Å². The topological polar surface area (TPSA) is 15.3 Å². The molecule has 1 N–H and O–H groups in total. The van der Waals surface area contributed by atoms with Crippen LogP contribution in [-0.4, -0.2) is 31.1 Å². The van der Waals surface area contributed by atoms with Crippen LogP contribution in [0.4, 0.5) is 0 Å². The van der Waals surface area contributed by atoms with Gasteiger partial charge in [-0.25, -0.2) is 0 Å². The average molecular weight is 303 g/mol. The number of hydrogen-bond acceptors (Lipinski definition) is 3. The zero-order chi connectivity index (χ0) is 11.4. The lowest BCUT2D eigenvalue weighted by atomic mass is 10.1. The molecule has 1 unspecified atom stereocenters. The zero-order valence-corrected chi connectivity index (χ0v) is 12.1. The predicted octanol–water partition coefficient (Wildman–Crippen LogP) is 2.94. The Morgan fingerprint density at radius 3 is 3.19 bits per heavy atom. The second-order valence-corrected chi connectivity index (χ2v) is 6.34. The van der Waals surface area contributed by atoms with Crippen LogP contribution in [0.2, 0.25) is 0 Å². The summed E-state index contributed by atoms with van der Waals surface area (Å²) in [5, 5.41) is 5.62. The van der Waals surface area contributed by atoms with Crippen LogP contribution in [0.3, 0.4) is 0 Å². The average Bonchev–Trinajstić information content (AvgIpc) is 2.86. The van der Waals surface area contributed by atoms with E-state index in [9.17, 15) is 0 Å². The minimum Gasteiger partial charge on any atom is -0.317 e. The Morgan fingerprint density at radius 1 is 1.62 bits per heavy atom. The van der Waals surface area contributed by atoms with Gasteiger partial charge in [0.1, 0.15) is 0 Å². The van der Waals surface area contributed by atoms with Crippen LogP contribution in [0.1, 0.15) is 18.2 Å². The van der Waals surface area contributed by atoms with E-state index < -0.39 is 0 Å². The Hall–Kier alpha value is 0.1000. The van der Waals surface area contributed by atoms with E-state index in [-0.39, 0.29) is 0 Å². The summed E-state index contributed by atoms with van der Waals surface area (Å²) in [6.07, 6.45) is 1.35. The van der Waals surface area contributed by atoms with E-state index in [0.717, 1.165) is 19.0 Å². The van der Waals surface area contributed by atoms with E-state index in [1.807, 2.05) is 11.3 Å². The van der Waals surface area contributed by atoms with Crippen molar-refractivity contribution in [3.63, 3.8) is 0 Å². The minimum absolute atomic E-state index is 0.850. The molecule has 0 bridgehead atoms. The van der Waals surface area contributed by atoms with Gasteiger partial charge in [0, 0.05) is 27.8 Å². The summed E-state index contributed by atoms with van der Waals surface area (Å²) in [7, 11) is 0. The first-order valence-electron chi connectivity index (χ1n) is 5.94. The Morgan fingerprint density at radius 2 is 2.50 bits per heavy atom. The lowest BCUT2D eigenvalue weighted by molar-refractivity contribution is 0.317. The van der Waals surface area contributed by atoms with Crippen LogP contribution in [0.15, 0.2) is 15.9 Å². The highest BCUT2D eigenvalue weighted by molar-refractivity contribution is 9.10. The van der Waals surface area contributed by atoms with Gasteiger partial charge in [-0.2, -0.15) is 0 Å². The maximum atomic E-state index is 3.51. The molecule has 1 atom stereocenters. The van der Waals surface area contributed by atoms with Crippen molar-refractivity contribution in [2.75, 3.05) is 26.2 Å². The first-order chi connectivity index (χ1) is 7.78. The summed E-state index contributed by atoms with van der Waals surface area (Å²) in [4.78, 5) is 4.04. The number of halogens is 1. The first-order valence-corrected chi connectivity index (χ1v) is 7.61. The van der Waals surface area contributed by atoms with Gasteiger partial charge >= 0.3 is 0 Å². The van der Waals surface area contributed by atoms with Crippen molar-refractivity contribution in [1.82, 2.24) is 10.2 Å². The van der Waals surface area contributed by atoms with Gasteiger partial charge in [-0.3, -0.25) is 4.90 Å². The van der Waals surface area contributed by atoms with Gasteiger partial charge in [0.2, 0.25) is 0 Å². The van der Waals surface area contributed by atoms with Crippen molar-refractivity contribution in [3.8, 4) is 0 Å². The van der Waals surface area contributed by atoms with E-state index in [0.29, 0.717) is 0 Å². The molecule has 1 aliphatic heterocycles. The van der Waals surface area contributed by atoms with E-state index in [1.54, 1.807) is 0 Å². The van der Waals surface area contributed by atoms with E-state index in [1.165, 1.54) is 35.4 Å². The minimum atomic E-state index is 0.850. The van der Waals surface area contributed by atoms with Gasteiger partial charge in [-0.15, -0.1) is 11.3 Å². The number of thiophene rings is 1. The fourth-order valence-corrected chi connectivity index (χ4v) is 3.72. The molecule has 4 heteroatoms. The Kier molecular flexibility index (Phi) is 4.82. The van der Waals surface area contributed by atoms with Crippen LogP contribution < -0.4 is 5.32 Å². The number of hydrogen-bond donors (Lipinski definition) is 1. The Balaban J connectivity index is 1.76. The maximum Gasteiger partial charge on any atom is 0.0328 e. The van der Waals surface area contributed by atoms with Gasteiger partial charge in [0.15, 0.2) is 0 Å². The molecule has 1 saturated heterocycles. The largest absolute Gasteiger partial charge is 0.317 e. The van der Waals surface area contributed by atoms with Crippen molar-refractivity contribution in [2.45, 2.75) is 19.9 Å². The summed E-state index contributed by atoms with van der Waals surface area (Å²) in [6, 6.07) is 2.24. The smallest absolute Gasteiger partial charge is 0.0328 e. The Bertz CT molecular complexity index is 327. The molecule has 1 aromatic heterocycles. The van der Waals surface area contributed by atoms with Crippen LogP contribution in [0, 0.1) is 5.92 Å². The third kappa shape index (κ3) is 3.55. The van der Waals surface area contributed by atoms with Crippen molar-refractivity contribution in [3.05, 3.63) is 20.8 Å². The summed E-state index contributed by atoms with van der Waals surface area (Å²) in [5.74, 6) is 0.850. The number of nitrogens with one attached hydrogen (secondary N) is 1. The van der Waals surface area contributed by atoms with Gasteiger partial charge in [0.25, 0.3) is 0 Å². The lowest BCUT2D eigenvalue weighted by Crippen LogP contribution is -2.25. The molecule has 2 rings (SSSR count). The quantitative estimate of drug-likeness (QED) is 0.900. The molecule has 0 spiro atoms. The molecule has 16 heavy (non-hydrogen) atoms. The van der Waals surface area contributed by atoms with Crippen LogP contribution in [-0.2, 0) is 6.54 Å². The Labute approximate surface area is 110 Å². The second-order valence-electron chi connectivity index (χ2n) is 4.43. The molecular weight excluding hydrogens is 284 g/mol. The molecule has 90 valence electrons. The third-order valence-electron chi connectivity index (χ3n) is 3.05. The number of nitrogens with zero attached hydrogens (tertiary/aromatic N) is 1. The van der Waals surface area contributed by atoms with Gasteiger partial charge in [0.05, 0.1) is 0 Å². The summed E-state index contributed by atoms with van der Waals surface area (Å²) >= 11 is 5.36. The normalized spacial score (nSPS) is 21.8. The molecule has 0 saturated carbocycles. The molecule has 0 amide bonds. The first kappa shape index (κ1) is 12.6. The van der Waals surface area contributed by atoms with Crippen LogP contribution in [0.5, 0.6) is 0 Å². The molecule has 2 nitrogen and oxygen atoms in total. The summed E-state index contributed by atoms with van der Waals surface area (Å²) in [5.41, 5.74) is 0. The lowest BCUT2D eigenvalue weighted by Gasteiger charge is -2.14. The standard InChI is InChI=1S/C12H19BrN2S/c1-2-14-6-10-3-4-15(7-10)8-12-5-11(13)9-16-12/h5,9-10,14H,2-4,6-8H2,1H3. The molecule has 0 radical (unpaired) electrons. The van der Waals surface area contributed by atoms with Crippen molar-refractivity contribution in [1.29, 1.82) is 0 Å². The second kappa shape index (κ2) is 6.15. The summed E-state index contributed by atoms with van der Waals surface area (Å²) in [6.45, 7) is 8.08. The maximum absolute atomic E-state index is 3.51. The van der Waals surface area contributed by atoms with E-state index in [2.05, 4.69) is 44.5 Å². The molecule has 1 aliphatic rings. The van der Waals surface area contributed by atoms with E-state index >= 15 is 0 Å². The molecule has 1 fully saturated rings. The monoisotopic (exact) mass is 302 g/mol. The zero-order valence-electron chi connectivity index (χ0n) is 9.71. The number of likely N-dealkylation sites (tertiary alicyclic amines) is 1. The molecule has 0 aliphatic carbocycles. The highest BCUT2D eigenvalue weighted by Crippen LogP contribution is 2.24. The SMILES string of the molecule is CCNCC1CCN(Cc2cc(Br)cs2)C1. The fourth-order valence-electron chi connectivity index (χ4n) is 2.23. The third-order valence-corrected chi connectivity index (χ3v) is 4.74. The van der Waals surface area contributed by atoms with Gasteiger partial charge in [-0.05, 0) is 54.0 Å².